The molecule has 1 fully saturated rings. The molecule has 1 aliphatic heterocycles. The van der Waals surface area contributed by atoms with Gasteiger partial charge in [-0.2, -0.15) is 0 Å². The summed E-state index contributed by atoms with van der Waals surface area (Å²) in [6.07, 6.45) is 0.206. The highest BCUT2D eigenvalue weighted by Gasteiger charge is 2.12. The topological polar surface area (TPSA) is 30.5 Å². The van der Waals surface area contributed by atoms with Crippen LogP contribution in [0.2, 0.25) is 0 Å². The van der Waals surface area contributed by atoms with Crippen molar-refractivity contribution < 1.29 is 9.47 Å². The first-order valence-corrected chi connectivity index (χ1v) is 4.23. The van der Waals surface area contributed by atoms with Gasteiger partial charge in [-0.25, -0.2) is 0 Å². The molecule has 0 radical (unpaired) electrons. The van der Waals surface area contributed by atoms with E-state index in [0.29, 0.717) is 13.2 Å². The SMILES string of the molecule is CC#CCOCC1CNCCO1. The Bertz CT molecular complexity index is 165. The summed E-state index contributed by atoms with van der Waals surface area (Å²) in [7, 11) is 0. The standard InChI is InChI=1S/C9H15NO2/c1-2-3-5-11-8-9-7-10-4-6-12-9/h9-10H,4-8H2,1H3. The molecule has 3 heteroatoms. The molecule has 1 saturated heterocycles. The molecule has 1 atom stereocenters. The minimum atomic E-state index is 0.206. The maximum atomic E-state index is 5.42. The van der Waals surface area contributed by atoms with Crippen LogP contribution in [-0.2, 0) is 9.47 Å². The van der Waals surface area contributed by atoms with Crippen LogP contribution in [0.5, 0.6) is 0 Å². The molecule has 0 amide bonds. The van der Waals surface area contributed by atoms with Crippen molar-refractivity contribution in [1.29, 1.82) is 0 Å². The van der Waals surface area contributed by atoms with E-state index in [1.807, 2.05) is 6.92 Å². The predicted octanol–water partition coefficient (Wildman–Crippen LogP) is 0.0147. The Labute approximate surface area is 73.4 Å². The van der Waals surface area contributed by atoms with Gasteiger partial charge in [0.1, 0.15) is 6.61 Å². The molecule has 1 unspecified atom stereocenters. The monoisotopic (exact) mass is 169 g/mol. The highest BCUT2D eigenvalue weighted by atomic mass is 16.5. The highest BCUT2D eigenvalue weighted by Crippen LogP contribution is 1.95. The minimum Gasteiger partial charge on any atom is -0.373 e. The van der Waals surface area contributed by atoms with E-state index in [0.717, 1.165) is 19.7 Å². The molecule has 3 nitrogen and oxygen atoms in total. The fourth-order valence-electron chi connectivity index (χ4n) is 1.04. The maximum absolute atomic E-state index is 5.42. The number of nitrogens with one attached hydrogen (secondary N) is 1. The third-order valence-corrected chi connectivity index (χ3v) is 1.66. The maximum Gasteiger partial charge on any atom is 0.107 e. The summed E-state index contributed by atoms with van der Waals surface area (Å²) >= 11 is 0. The van der Waals surface area contributed by atoms with Gasteiger partial charge in [0.25, 0.3) is 0 Å². The summed E-state index contributed by atoms with van der Waals surface area (Å²) in [6, 6.07) is 0. The number of ether oxygens (including phenoxy) is 2. The first-order chi connectivity index (χ1) is 5.93. The van der Waals surface area contributed by atoms with Crippen LogP contribution in [0.15, 0.2) is 0 Å². The Morgan fingerprint density at radius 1 is 1.67 bits per heavy atom. The summed E-state index contributed by atoms with van der Waals surface area (Å²) < 4.78 is 10.7. The molecule has 0 bridgehead atoms. The molecule has 1 rings (SSSR count). The van der Waals surface area contributed by atoms with Crippen molar-refractivity contribution in [1.82, 2.24) is 5.32 Å². The normalized spacial score (nSPS) is 22.9. The Balaban J connectivity index is 2.00. The smallest absolute Gasteiger partial charge is 0.107 e. The first-order valence-electron chi connectivity index (χ1n) is 4.23. The quantitative estimate of drug-likeness (QED) is 0.477. The average molecular weight is 169 g/mol. The fourth-order valence-corrected chi connectivity index (χ4v) is 1.04. The Morgan fingerprint density at radius 3 is 3.25 bits per heavy atom. The molecule has 0 aromatic rings. The van der Waals surface area contributed by atoms with Crippen molar-refractivity contribution in [3.8, 4) is 11.8 Å². The lowest BCUT2D eigenvalue weighted by molar-refractivity contribution is -0.0247. The van der Waals surface area contributed by atoms with Gasteiger partial charge in [0.15, 0.2) is 0 Å². The van der Waals surface area contributed by atoms with Gasteiger partial charge in [-0.15, -0.1) is 5.92 Å². The molecular weight excluding hydrogens is 154 g/mol. The second-order valence-corrected chi connectivity index (χ2v) is 2.64. The lowest BCUT2D eigenvalue weighted by Crippen LogP contribution is -2.41. The van der Waals surface area contributed by atoms with Crippen LogP contribution in [0, 0.1) is 11.8 Å². The summed E-state index contributed by atoms with van der Waals surface area (Å²) in [5.41, 5.74) is 0. The van der Waals surface area contributed by atoms with Crippen molar-refractivity contribution >= 4 is 0 Å². The van der Waals surface area contributed by atoms with Gasteiger partial charge in [-0.1, -0.05) is 5.92 Å². The average Bonchev–Trinajstić information content (AvgIpc) is 2.14. The van der Waals surface area contributed by atoms with E-state index in [4.69, 9.17) is 9.47 Å². The van der Waals surface area contributed by atoms with Crippen LogP contribution in [0.1, 0.15) is 6.92 Å². The Morgan fingerprint density at radius 2 is 2.58 bits per heavy atom. The van der Waals surface area contributed by atoms with Crippen LogP contribution in [0.25, 0.3) is 0 Å². The molecule has 0 aliphatic carbocycles. The largest absolute Gasteiger partial charge is 0.373 e. The van der Waals surface area contributed by atoms with Gasteiger partial charge in [-0.05, 0) is 6.92 Å². The van der Waals surface area contributed by atoms with Crippen molar-refractivity contribution in [2.75, 3.05) is 32.9 Å². The molecule has 1 aliphatic rings. The molecule has 12 heavy (non-hydrogen) atoms. The zero-order chi connectivity index (χ0) is 8.65. The van der Waals surface area contributed by atoms with Crippen LogP contribution in [-0.4, -0.2) is 39.0 Å². The Kier molecular flexibility index (Phi) is 4.77. The van der Waals surface area contributed by atoms with E-state index >= 15 is 0 Å². The third-order valence-electron chi connectivity index (χ3n) is 1.66. The van der Waals surface area contributed by atoms with Gasteiger partial charge in [0.05, 0.1) is 19.3 Å². The minimum absolute atomic E-state index is 0.206. The summed E-state index contributed by atoms with van der Waals surface area (Å²) in [5, 5.41) is 3.23. The fraction of sp³-hybridized carbons (Fsp3) is 0.778. The highest BCUT2D eigenvalue weighted by molar-refractivity contribution is 4.94. The van der Waals surface area contributed by atoms with E-state index in [9.17, 15) is 0 Å². The summed E-state index contributed by atoms with van der Waals surface area (Å²) in [6.45, 7) is 5.58. The van der Waals surface area contributed by atoms with Crippen LogP contribution >= 0.6 is 0 Å². The molecule has 1 heterocycles. The predicted molar refractivity (Wildman–Crippen MR) is 46.9 cm³/mol. The number of rotatable bonds is 3. The molecule has 0 spiro atoms. The lowest BCUT2D eigenvalue weighted by Gasteiger charge is -2.22. The van der Waals surface area contributed by atoms with Crippen LogP contribution < -0.4 is 5.32 Å². The third kappa shape index (κ3) is 3.72. The van der Waals surface area contributed by atoms with E-state index < -0.39 is 0 Å². The van der Waals surface area contributed by atoms with E-state index in [-0.39, 0.29) is 6.10 Å². The first kappa shape index (κ1) is 9.53. The second kappa shape index (κ2) is 6.01. The van der Waals surface area contributed by atoms with Crippen molar-refractivity contribution in [3.63, 3.8) is 0 Å². The van der Waals surface area contributed by atoms with Crippen LogP contribution in [0.3, 0.4) is 0 Å². The number of hydrogen-bond donors (Lipinski definition) is 1. The summed E-state index contributed by atoms with van der Waals surface area (Å²) in [4.78, 5) is 0. The van der Waals surface area contributed by atoms with E-state index in [1.165, 1.54) is 0 Å². The van der Waals surface area contributed by atoms with Crippen molar-refractivity contribution in [2.24, 2.45) is 0 Å². The Hall–Kier alpha value is -0.560. The van der Waals surface area contributed by atoms with Gasteiger partial charge < -0.3 is 14.8 Å². The number of morpholine rings is 1. The summed E-state index contributed by atoms with van der Waals surface area (Å²) in [5.74, 6) is 5.61. The molecule has 0 aromatic carbocycles. The van der Waals surface area contributed by atoms with Gasteiger partial charge in [0, 0.05) is 13.1 Å². The lowest BCUT2D eigenvalue weighted by atomic mass is 10.3. The van der Waals surface area contributed by atoms with Gasteiger partial charge in [0.2, 0.25) is 0 Å². The molecular formula is C9H15NO2. The molecule has 0 saturated carbocycles. The van der Waals surface area contributed by atoms with Crippen molar-refractivity contribution in [3.05, 3.63) is 0 Å². The zero-order valence-electron chi connectivity index (χ0n) is 7.43. The number of hydrogen-bond acceptors (Lipinski definition) is 3. The van der Waals surface area contributed by atoms with Gasteiger partial charge >= 0.3 is 0 Å². The molecule has 0 aromatic heterocycles. The van der Waals surface area contributed by atoms with E-state index in [1.54, 1.807) is 0 Å². The zero-order valence-corrected chi connectivity index (χ0v) is 7.43. The molecule has 68 valence electrons. The van der Waals surface area contributed by atoms with Crippen molar-refractivity contribution in [2.45, 2.75) is 13.0 Å². The van der Waals surface area contributed by atoms with Gasteiger partial charge in [-0.3, -0.25) is 0 Å². The second-order valence-electron chi connectivity index (χ2n) is 2.64. The molecule has 1 N–H and O–H groups in total. The van der Waals surface area contributed by atoms with Crippen LogP contribution in [0.4, 0.5) is 0 Å². The van der Waals surface area contributed by atoms with E-state index in [2.05, 4.69) is 17.2 Å².